The summed E-state index contributed by atoms with van der Waals surface area (Å²) in [5.74, 6) is 0.782. The third-order valence-electron chi connectivity index (χ3n) is 3.27. The zero-order valence-electron chi connectivity index (χ0n) is 10.5. The van der Waals surface area contributed by atoms with Gasteiger partial charge in [-0.3, -0.25) is 4.68 Å². The van der Waals surface area contributed by atoms with Crippen LogP contribution in [0.5, 0.6) is 5.75 Å². The minimum absolute atomic E-state index is 0.0585. The summed E-state index contributed by atoms with van der Waals surface area (Å²) in [4.78, 5) is 0. The van der Waals surface area contributed by atoms with Crippen LogP contribution < -0.4 is 4.74 Å². The number of nitrogens with zero attached hydrogens (tertiary/aromatic N) is 2. The van der Waals surface area contributed by atoms with Gasteiger partial charge in [-0.15, -0.1) is 0 Å². The number of rotatable bonds is 4. The van der Waals surface area contributed by atoms with Crippen molar-refractivity contribution < 1.29 is 9.84 Å². The summed E-state index contributed by atoms with van der Waals surface area (Å²) in [6.07, 6.45) is 9.59. The van der Waals surface area contributed by atoms with Crippen LogP contribution in [0.25, 0.3) is 0 Å². The second kappa shape index (κ2) is 6.05. The van der Waals surface area contributed by atoms with Crippen molar-refractivity contribution >= 4 is 0 Å². The molecule has 0 bridgehead atoms. The minimum Gasteiger partial charge on any atom is -0.484 e. The van der Waals surface area contributed by atoms with Crippen molar-refractivity contribution in [2.75, 3.05) is 0 Å². The summed E-state index contributed by atoms with van der Waals surface area (Å²) in [5.41, 5.74) is 0. The number of aliphatic hydroxyl groups excluding tert-OH is 1. The van der Waals surface area contributed by atoms with Gasteiger partial charge >= 0.3 is 0 Å². The van der Waals surface area contributed by atoms with E-state index >= 15 is 0 Å². The lowest BCUT2D eigenvalue weighted by molar-refractivity contribution is 0.0319. The summed E-state index contributed by atoms with van der Waals surface area (Å²) in [5, 5.41) is 14.2. The normalized spacial score (nSPS) is 25.5. The smallest absolute Gasteiger partial charge is 0.157 e. The SMILES string of the molecule is CCCn1cc(OC2CCCCCC2O)cn1. The van der Waals surface area contributed by atoms with E-state index < -0.39 is 0 Å². The molecule has 1 heterocycles. The Bertz CT molecular complexity index is 338. The molecule has 4 heteroatoms. The van der Waals surface area contributed by atoms with E-state index in [2.05, 4.69) is 12.0 Å². The second-order valence-corrected chi connectivity index (χ2v) is 4.80. The maximum absolute atomic E-state index is 9.97. The molecule has 0 spiro atoms. The van der Waals surface area contributed by atoms with E-state index in [1.807, 2.05) is 10.9 Å². The van der Waals surface area contributed by atoms with Gasteiger partial charge in [0, 0.05) is 6.54 Å². The number of aromatic nitrogens is 2. The summed E-state index contributed by atoms with van der Waals surface area (Å²) in [7, 11) is 0. The van der Waals surface area contributed by atoms with Crippen molar-refractivity contribution in [1.82, 2.24) is 9.78 Å². The number of aliphatic hydroxyl groups is 1. The lowest BCUT2D eigenvalue weighted by Gasteiger charge is -2.20. The number of hydrogen-bond donors (Lipinski definition) is 1. The maximum atomic E-state index is 9.97. The van der Waals surface area contributed by atoms with Gasteiger partial charge in [0.25, 0.3) is 0 Å². The number of ether oxygens (including phenoxy) is 1. The fraction of sp³-hybridized carbons (Fsp3) is 0.769. The number of aryl methyl sites for hydroxylation is 1. The molecule has 2 unspecified atom stereocenters. The lowest BCUT2D eigenvalue weighted by atomic mass is 10.1. The lowest BCUT2D eigenvalue weighted by Crippen LogP contribution is -2.30. The Morgan fingerprint density at radius 3 is 3.06 bits per heavy atom. The Morgan fingerprint density at radius 1 is 1.41 bits per heavy atom. The Kier molecular flexibility index (Phi) is 4.42. The molecular formula is C13H22N2O2. The van der Waals surface area contributed by atoms with Crippen molar-refractivity contribution in [1.29, 1.82) is 0 Å². The molecule has 4 nitrogen and oxygen atoms in total. The predicted octanol–water partition coefficient (Wildman–Crippen LogP) is 2.37. The van der Waals surface area contributed by atoms with E-state index in [4.69, 9.17) is 4.74 Å². The van der Waals surface area contributed by atoms with E-state index in [-0.39, 0.29) is 12.2 Å². The van der Waals surface area contributed by atoms with Crippen molar-refractivity contribution in [3.05, 3.63) is 12.4 Å². The molecular weight excluding hydrogens is 216 g/mol. The first-order chi connectivity index (χ1) is 8.29. The molecule has 17 heavy (non-hydrogen) atoms. The predicted molar refractivity (Wildman–Crippen MR) is 66.0 cm³/mol. The summed E-state index contributed by atoms with van der Waals surface area (Å²) in [6, 6.07) is 0. The van der Waals surface area contributed by atoms with E-state index in [1.165, 1.54) is 6.42 Å². The van der Waals surface area contributed by atoms with Crippen molar-refractivity contribution in [2.45, 2.75) is 64.2 Å². The van der Waals surface area contributed by atoms with Crippen LogP contribution in [0.3, 0.4) is 0 Å². The zero-order valence-corrected chi connectivity index (χ0v) is 10.5. The highest BCUT2D eigenvalue weighted by Crippen LogP contribution is 2.22. The highest BCUT2D eigenvalue weighted by atomic mass is 16.5. The molecule has 0 radical (unpaired) electrons. The molecule has 1 aromatic rings. The zero-order chi connectivity index (χ0) is 12.1. The quantitative estimate of drug-likeness (QED) is 0.819. The monoisotopic (exact) mass is 238 g/mol. The Labute approximate surface area is 103 Å². The van der Waals surface area contributed by atoms with Gasteiger partial charge in [0.2, 0.25) is 0 Å². The molecule has 1 aliphatic carbocycles. The topological polar surface area (TPSA) is 47.3 Å². The van der Waals surface area contributed by atoms with Crippen LogP contribution >= 0.6 is 0 Å². The fourth-order valence-electron chi connectivity index (χ4n) is 2.32. The molecule has 1 aromatic heterocycles. The molecule has 1 saturated carbocycles. The summed E-state index contributed by atoms with van der Waals surface area (Å²) < 4.78 is 7.73. The second-order valence-electron chi connectivity index (χ2n) is 4.80. The molecule has 0 saturated heterocycles. The van der Waals surface area contributed by atoms with Crippen LogP contribution in [0.1, 0.15) is 45.4 Å². The molecule has 0 aromatic carbocycles. The molecule has 1 fully saturated rings. The van der Waals surface area contributed by atoms with E-state index in [0.717, 1.165) is 44.4 Å². The van der Waals surface area contributed by atoms with Gasteiger partial charge in [-0.25, -0.2) is 0 Å². The Balaban J connectivity index is 1.93. The molecule has 0 amide bonds. The standard InChI is InChI=1S/C13H22N2O2/c1-2-8-15-10-11(9-14-15)17-13-7-5-3-4-6-12(13)16/h9-10,12-13,16H,2-8H2,1H3. The summed E-state index contributed by atoms with van der Waals surface area (Å²) in [6.45, 7) is 3.04. The Morgan fingerprint density at radius 2 is 2.24 bits per heavy atom. The van der Waals surface area contributed by atoms with Gasteiger partial charge in [0.15, 0.2) is 5.75 Å². The van der Waals surface area contributed by atoms with Gasteiger partial charge in [-0.05, 0) is 25.7 Å². The molecule has 1 N–H and O–H groups in total. The van der Waals surface area contributed by atoms with Gasteiger partial charge in [0.05, 0.1) is 18.5 Å². The summed E-state index contributed by atoms with van der Waals surface area (Å²) >= 11 is 0. The first-order valence-corrected chi connectivity index (χ1v) is 6.66. The third-order valence-corrected chi connectivity index (χ3v) is 3.27. The van der Waals surface area contributed by atoms with E-state index in [0.29, 0.717) is 0 Å². The van der Waals surface area contributed by atoms with Crippen LogP contribution in [-0.2, 0) is 6.54 Å². The van der Waals surface area contributed by atoms with E-state index in [9.17, 15) is 5.11 Å². The van der Waals surface area contributed by atoms with Gasteiger partial charge in [-0.2, -0.15) is 5.10 Å². The highest BCUT2D eigenvalue weighted by Gasteiger charge is 2.23. The molecule has 1 aliphatic rings. The van der Waals surface area contributed by atoms with Gasteiger partial charge < -0.3 is 9.84 Å². The maximum Gasteiger partial charge on any atom is 0.157 e. The average Bonchev–Trinajstić information content (AvgIpc) is 2.65. The van der Waals surface area contributed by atoms with Crippen LogP contribution in [0.15, 0.2) is 12.4 Å². The Hall–Kier alpha value is -1.03. The molecule has 2 atom stereocenters. The van der Waals surface area contributed by atoms with Crippen LogP contribution in [-0.4, -0.2) is 27.1 Å². The van der Waals surface area contributed by atoms with Crippen molar-refractivity contribution in [3.8, 4) is 5.75 Å². The fourth-order valence-corrected chi connectivity index (χ4v) is 2.32. The van der Waals surface area contributed by atoms with E-state index in [1.54, 1.807) is 6.20 Å². The minimum atomic E-state index is -0.327. The largest absolute Gasteiger partial charge is 0.484 e. The van der Waals surface area contributed by atoms with Crippen LogP contribution in [0.2, 0.25) is 0 Å². The first-order valence-electron chi connectivity index (χ1n) is 6.66. The van der Waals surface area contributed by atoms with Gasteiger partial charge in [-0.1, -0.05) is 19.8 Å². The van der Waals surface area contributed by atoms with Crippen LogP contribution in [0, 0.1) is 0 Å². The van der Waals surface area contributed by atoms with Crippen molar-refractivity contribution in [3.63, 3.8) is 0 Å². The molecule has 96 valence electrons. The van der Waals surface area contributed by atoms with Gasteiger partial charge in [0.1, 0.15) is 6.10 Å². The average molecular weight is 238 g/mol. The molecule has 2 rings (SSSR count). The van der Waals surface area contributed by atoms with Crippen molar-refractivity contribution in [2.24, 2.45) is 0 Å². The first kappa shape index (κ1) is 12.4. The molecule has 0 aliphatic heterocycles. The highest BCUT2D eigenvalue weighted by molar-refractivity contribution is 5.12. The third kappa shape index (κ3) is 3.46. The number of hydrogen-bond acceptors (Lipinski definition) is 3. The van der Waals surface area contributed by atoms with Crippen LogP contribution in [0.4, 0.5) is 0 Å².